The molecule has 3 aliphatic rings. The Morgan fingerprint density at radius 3 is 1.56 bits per heavy atom. The van der Waals surface area contributed by atoms with Crippen LogP contribution in [-0.4, -0.2) is 35.8 Å². The normalized spacial score (nSPS) is 18.3. The van der Waals surface area contributed by atoms with Crippen molar-refractivity contribution < 1.29 is 4.74 Å². The van der Waals surface area contributed by atoms with E-state index in [0.29, 0.717) is 18.3 Å². The van der Waals surface area contributed by atoms with Gasteiger partial charge >= 0.3 is 0 Å². The average Bonchev–Trinajstić information content (AvgIpc) is 1.70. The maximum Gasteiger partial charge on any atom is 0.221 e. The van der Waals surface area contributed by atoms with Crippen LogP contribution >= 0.6 is 0 Å². The van der Waals surface area contributed by atoms with Gasteiger partial charge in [-0.15, -0.1) is 12.0 Å². The zero-order chi connectivity index (χ0) is 65.0. The number of aromatic nitrogens is 3. The molecule has 0 bridgehead atoms. The van der Waals surface area contributed by atoms with Crippen LogP contribution in [0.3, 0.4) is 0 Å². The molecule has 0 atom stereocenters. The van der Waals surface area contributed by atoms with Crippen LogP contribution in [0.15, 0.2) is 201 Å². The van der Waals surface area contributed by atoms with E-state index in [1.165, 1.54) is 38.8 Å². The lowest BCUT2D eigenvalue weighted by Gasteiger charge is -2.34. The van der Waals surface area contributed by atoms with Gasteiger partial charge in [-0.25, -0.2) is 9.97 Å². The molecule has 91 heavy (non-hydrogen) atoms. The van der Waals surface area contributed by atoms with E-state index in [-0.39, 0.29) is 32.5 Å². The molecule has 0 unspecified atom stereocenters. The van der Waals surface area contributed by atoms with Gasteiger partial charge in [0.05, 0.1) is 39.5 Å². The number of fused-ring (bicyclic) bond motifs is 4. The van der Waals surface area contributed by atoms with Crippen LogP contribution in [0.1, 0.15) is 169 Å². The third-order valence-corrected chi connectivity index (χ3v) is 17.6. The molecular formula is C81H91B2N7O. The highest BCUT2D eigenvalue weighted by Crippen LogP contribution is 2.52. The number of nitrogens with zero attached hydrogens (tertiary/aromatic N) is 5. The lowest BCUT2D eigenvalue weighted by molar-refractivity contribution is 0.464. The summed E-state index contributed by atoms with van der Waals surface area (Å²) in [4.78, 5) is 15.8. The Kier molecular flexibility index (Phi) is 17.2. The van der Waals surface area contributed by atoms with Gasteiger partial charge in [0.15, 0.2) is 14.6 Å². The minimum atomic E-state index is -0.253. The van der Waals surface area contributed by atoms with Crippen molar-refractivity contribution in [1.29, 1.82) is 0 Å². The number of allylic oxidation sites excluding steroid dienone is 8. The van der Waals surface area contributed by atoms with Crippen LogP contribution in [0.5, 0.6) is 11.6 Å². The Balaban J connectivity index is 1.16. The topological polar surface area (TPSA) is 70.5 Å². The monoisotopic (exact) mass is 1200 g/mol. The van der Waals surface area contributed by atoms with Crippen molar-refractivity contribution in [3.05, 3.63) is 245 Å². The van der Waals surface area contributed by atoms with Gasteiger partial charge in [0, 0.05) is 59.5 Å². The van der Waals surface area contributed by atoms with Crippen molar-refractivity contribution in [3.8, 4) is 28.7 Å². The van der Waals surface area contributed by atoms with Gasteiger partial charge in [0.25, 0.3) is 0 Å². The SMILES string of the molecule is CC(C)(C)c1ccnc(-n2c3ccc(C(C)(C)C)cc3c3ccc(Oc4cc(N5CN(c6c(/C7=C/C=C\N/C=C\C=C/[B]7)cc(C(C)(C)C)cc6/C6=C/C=C\N/C=C\C=C/[B]6)c6ccccc65)cc(-c5c(C(C)(C)C)cc(C(C)(C)C)cc5C(C)(C)C)n4)cc32)c1. The van der Waals surface area contributed by atoms with Crippen LogP contribution in [-0.2, 0) is 32.5 Å². The summed E-state index contributed by atoms with van der Waals surface area (Å²) in [5.74, 6) is 6.30. The maximum atomic E-state index is 7.39. The van der Waals surface area contributed by atoms with E-state index in [9.17, 15) is 0 Å². The summed E-state index contributed by atoms with van der Waals surface area (Å²) in [7, 11) is 4.47. The lowest BCUT2D eigenvalue weighted by atomic mass is 9.62. The van der Waals surface area contributed by atoms with Gasteiger partial charge in [-0.05, 0) is 168 Å². The highest BCUT2D eigenvalue weighted by molar-refractivity contribution is 6.67. The summed E-state index contributed by atoms with van der Waals surface area (Å²) >= 11 is 0. The van der Waals surface area contributed by atoms with Crippen LogP contribution in [0.25, 0.3) is 49.8 Å². The first-order valence-corrected chi connectivity index (χ1v) is 32.3. The van der Waals surface area contributed by atoms with Gasteiger partial charge in [-0.3, -0.25) is 4.57 Å². The van der Waals surface area contributed by atoms with Gasteiger partial charge in [0.1, 0.15) is 18.2 Å². The number of ether oxygens (including phenoxy) is 1. The molecule has 11 rings (SSSR count). The molecule has 3 aromatic heterocycles. The molecule has 10 heteroatoms. The summed E-state index contributed by atoms with van der Waals surface area (Å²) in [6, 6.07) is 40.8. The maximum absolute atomic E-state index is 7.39. The molecule has 2 N–H and O–H groups in total. The van der Waals surface area contributed by atoms with Gasteiger partial charge < -0.3 is 25.2 Å². The minimum absolute atomic E-state index is 0.0469. The van der Waals surface area contributed by atoms with E-state index in [1.807, 2.05) is 43.1 Å². The largest absolute Gasteiger partial charge is 0.439 e. The Morgan fingerprint density at radius 1 is 0.462 bits per heavy atom. The molecule has 462 valence electrons. The number of anilines is 4. The summed E-state index contributed by atoms with van der Waals surface area (Å²) in [6.07, 6.45) is 26.6. The lowest BCUT2D eigenvalue weighted by Crippen LogP contribution is -2.27. The van der Waals surface area contributed by atoms with Gasteiger partial charge in [-0.2, -0.15) is 0 Å². The number of para-hydroxylation sites is 2. The molecule has 3 aliphatic heterocycles. The molecule has 0 aliphatic carbocycles. The van der Waals surface area contributed by atoms with Crippen LogP contribution in [0, 0.1) is 0 Å². The van der Waals surface area contributed by atoms with Crippen LogP contribution in [0.4, 0.5) is 22.7 Å². The zero-order valence-corrected chi connectivity index (χ0v) is 57.1. The molecule has 0 saturated heterocycles. The second-order valence-corrected chi connectivity index (χ2v) is 30.8. The second kappa shape index (κ2) is 24.5. The molecule has 5 aromatic carbocycles. The smallest absolute Gasteiger partial charge is 0.221 e. The number of hydrogen-bond donors (Lipinski definition) is 2. The Hall–Kier alpha value is -8.75. The third kappa shape index (κ3) is 13.5. The first-order valence-electron chi connectivity index (χ1n) is 32.3. The Morgan fingerprint density at radius 2 is 1.00 bits per heavy atom. The van der Waals surface area contributed by atoms with Crippen molar-refractivity contribution in [2.24, 2.45) is 0 Å². The fraction of sp³-hybridized carbons (Fsp3) is 0.309. The second-order valence-electron chi connectivity index (χ2n) is 30.8. The van der Waals surface area contributed by atoms with Crippen molar-refractivity contribution in [1.82, 2.24) is 25.2 Å². The quantitative estimate of drug-likeness (QED) is 0.147. The highest BCUT2D eigenvalue weighted by Gasteiger charge is 2.36. The molecule has 2 radical (unpaired) electrons. The fourth-order valence-electron chi connectivity index (χ4n) is 12.4. The minimum Gasteiger partial charge on any atom is -0.439 e. The van der Waals surface area contributed by atoms with E-state index >= 15 is 0 Å². The van der Waals surface area contributed by atoms with Crippen molar-refractivity contribution in [2.75, 3.05) is 16.5 Å². The van der Waals surface area contributed by atoms with Crippen molar-refractivity contribution in [2.45, 2.75) is 157 Å². The molecule has 6 heterocycles. The summed E-state index contributed by atoms with van der Waals surface area (Å²) in [5.41, 5.74) is 19.3. The Labute approximate surface area is 544 Å². The van der Waals surface area contributed by atoms with E-state index < -0.39 is 0 Å². The Bertz CT molecular complexity index is 4260. The standard InChI is InChI=1S/C81H91B2N7O/c1-76(2,3)53-31-34-68-60(43-53)59-33-32-58(51-71(59)90(68)72-48-54(35-42-86-72)77(4,5)6)91-73-50-57(49-67(87-73)74-63(80(13,14)15)46-56(79(10,11)12)47-64(74)81(16,17)18)88-52-89(70-30-20-19-29-69(70)88)75-61(65-27-25-40-84-38-23-21-36-82-65)44-55(78(7,8)9)45-62(75)66-28-26-41-85-39-24-22-37-83-66/h19-51,84-85H,52H2,1-18H3/b36-21-,37-22-,38-23-,39-24-,40-25-,41-26-,65-27-,66-28-. The van der Waals surface area contributed by atoms with E-state index in [0.717, 1.165) is 78.3 Å². The van der Waals surface area contributed by atoms with Crippen LogP contribution in [0.2, 0.25) is 0 Å². The highest BCUT2D eigenvalue weighted by atomic mass is 16.5. The predicted molar refractivity (Wildman–Crippen MR) is 391 cm³/mol. The third-order valence-electron chi connectivity index (χ3n) is 17.6. The first kappa shape index (κ1) is 63.8. The molecule has 0 saturated carbocycles. The first-order chi connectivity index (χ1) is 42.9. The predicted octanol–water partition coefficient (Wildman–Crippen LogP) is 20.4. The van der Waals surface area contributed by atoms with E-state index in [4.69, 9.17) is 14.7 Å². The molecule has 0 spiro atoms. The molecule has 0 fully saturated rings. The summed E-state index contributed by atoms with van der Waals surface area (Å²) in [5, 5.41) is 8.93. The summed E-state index contributed by atoms with van der Waals surface area (Å²) in [6.45, 7) is 42.0. The summed E-state index contributed by atoms with van der Waals surface area (Å²) < 4.78 is 9.70. The van der Waals surface area contributed by atoms with Gasteiger partial charge in [-0.1, -0.05) is 190 Å². The number of pyridine rings is 2. The van der Waals surface area contributed by atoms with Crippen LogP contribution < -0.4 is 25.2 Å². The zero-order valence-electron chi connectivity index (χ0n) is 57.1. The van der Waals surface area contributed by atoms with Crippen molar-refractivity contribution >= 4 is 70.1 Å². The number of hydrogen-bond acceptors (Lipinski definition) is 7. The molecule has 8 aromatic rings. The number of benzene rings is 5. The molecular weight excluding hydrogens is 1110 g/mol. The molecule has 0 amide bonds. The van der Waals surface area contributed by atoms with Gasteiger partial charge in [0.2, 0.25) is 5.88 Å². The average molecular weight is 1200 g/mol. The number of rotatable bonds is 8. The van der Waals surface area contributed by atoms with Crippen molar-refractivity contribution in [3.63, 3.8) is 0 Å². The molecule has 8 nitrogen and oxygen atoms in total. The van der Waals surface area contributed by atoms with E-state index in [2.05, 4.69) is 322 Å². The van der Waals surface area contributed by atoms with E-state index in [1.54, 1.807) is 0 Å². The fourth-order valence-corrected chi connectivity index (χ4v) is 12.4. The number of nitrogens with one attached hydrogen (secondary N) is 2.